The molecular formula is C24H22N8O9. The van der Waals surface area contributed by atoms with Crippen LogP contribution in [0.15, 0.2) is 42.5 Å². The molecule has 0 aliphatic carbocycles. The Balaban J connectivity index is 2.20. The molecule has 0 aliphatic heterocycles. The number of hydrogen-bond donors (Lipinski definition) is 5. The molecule has 0 bridgehead atoms. The van der Waals surface area contributed by atoms with Crippen LogP contribution in [0.4, 0.5) is 17.1 Å². The van der Waals surface area contributed by atoms with Crippen molar-refractivity contribution in [1.29, 1.82) is 10.7 Å². The summed E-state index contributed by atoms with van der Waals surface area (Å²) < 4.78 is 16.6. The summed E-state index contributed by atoms with van der Waals surface area (Å²) in [6, 6.07) is 11.5. The van der Waals surface area contributed by atoms with Crippen molar-refractivity contribution in [3.05, 3.63) is 58.1 Å². The third-order valence-corrected chi connectivity index (χ3v) is 4.97. The first-order valence-electron chi connectivity index (χ1n) is 11.3. The molecule has 1 atom stereocenters. The van der Waals surface area contributed by atoms with Crippen molar-refractivity contribution in [3.63, 3.8) is 0 Å². The van der Waals surface area contributed by atoms with Crippen molar-refractivity contribution in [1.82, 2.24) is 9.97 Å². The monoisotopic (exact) mass is 566 g/mol. The molecule has 0 amide bonds. The van der Waals surface area contributed by atoms with Crippen molar-refractivity contribution in [2.75, 3.05) is 24.3 Å². The van der Waals surface area contributed by atoms with Gasteiger partial charge in [0.25, 0.3) is 0 Å². The molecule has 17 nitrogen and oxygen atoms in total. The van der Waals surface area contributed by atoms with Crippen molar-refractivity contribution in [2.24, 2.45) is 5.73 Å². The average molecular weight is 566 g/mol. The van der Waals surface area contributed by atoms with Gasteiger partial charge in [-0.25, -0.2) is 4.79 Å². The van der Waals surface area contributed by atoms with Crippen molar-refractivity contribution in [3.8, 4) is 35.3 Å². The van der Waals surface area contributed by atoms with E-state index in [9.17, 15) is 30.1 Å². The number of ether oxygens (including phenoxy) is 3. The van der Waals surface area contributed by atoms with Crippen LogP contribution in [0.3, 0.4) is 0 Å². The number of nitriles is 1. The zero-order valence-electron chi connectivity index (χ0n) is 21.4. The summed E-state index contributed by atoms with van der Waals surface area (Å²) in [4.78, 5) is 43.4. The molecular weight excluding hydrogens is 544 g/mol. The summed E-state index contributed by atoms with van der Waals surface area (Å²) in [5, 5.41) is 49.9. The zero-order chi connectivity index (χ0) is 30.3. The number of rotatable bonds is 12. The van der Waals surface area contributed by atoms with Gasteiger partial charge >= 0.3 is 35.4 Å². The van der Waals surface area contributed by atoms with Crippen LogP contribution in [0.2, 0.25) is 0 Å². The molecule has 3 rings (SSSR count). The van der Waals surface area contributed by atoms with E-state index in [4.69, 9.17) is 30.5 Å². The topological polar surface area (TPSA) is 260 Å². The maximum atomic E-state index is 12.1. The molecule has 1 aromatic heterocycles. The van der Waals surface area contributed by atoms with E-state index in [1.165, 1.54) is 36.4 Å². The summed E-state index contributed by atoms with van der Waals surface area (Å²) in [5.41, 5.74) is 5.18. The highest BCUT2D eigenvalue weighted by atomic mass is 16.6. The van der Waals surface area contributed by atoms with Gasteiger partial charge in [0.05, 0.1) is 28.7 Å². The number of benzene rings is 2. The highest BCUT2D eigenvalue weighted by Crippen LogP contribution is 2.41. The van der Waals surface area contributed by atoms with E-state index in [-0.39, 0.29) is 23.0 Å². The number of carboxylic acids is 2. The predicted octanol–water partition coefficient (Wildman–Crippen LogP) is 2.52. The standard InChI is InChI=1S/C24H22N8O9/c1-31(2)15-7-6-12(11-25)8-16(15)40-20-19(32(37)38)21(41-17(22(35)36)10-18(33)34)30-24(29-20)39-14-5-3-4-13(9-14)28-23(26)27/h3-9,17H,10H2,1-2H3,(H,33,34)(H,35,36)(H4,26,27,28). The molecule has 212 valence electrons. The SMILES string of the molecule is CN(C)c1ccc(C#N)cc1Oc1nc(Oc2cccc(NC(=N)N)c2)nc(OC(CC(=O)O)C(=O)O)c1[N+](=O)[O-]. The van der Waals surface area contributed by atoms with Crippen LogP contribution in [0.25, 0.3) is 0 Å². The predicted molar refractivity (Wildman–Crippen MR) is 141 cm³/mol. The van der Waals surface area contributed by atoms with Gasteiger partial charge in [-0.2, -0.15) is 15.2 Å². The third kappa shape index (κ3) is 7.67. The van der Waals surface area contributed by atoms with Crippen LogP contribution in [-0.2, 0) is 9.59 Å². The number of anilines is 2. The molecule has 41 heavy (non-hydrogen) atoms. The summed E-state index contributed by atoms with van der Waals surface area (Å²) in [6.07, 6.45) is -3.14. The van der Waals surface area contributed by atoms with Gasteiger partial charge in [-0.15, -0.1) is 0 Å². The van der Waals surface area contributed by atoms with Gasteiger partial charge in [0.2, 0.25) is 6.10 Å². The quantitative estimate of drug-likeness (QED) is 0.0912. The van der Waals surface area contributed by atoms with Crippen LogP contribution >= 0.6 is 0 Å². The molecule has 3 aromatic rings. The Morgan fingerprint density at radius 2 is 1.90 bits per heavy atom. The van der Waals surface area contributed by atoms with Gasteiger partial charge in [0, 0.05) is 31.9 Å². The minimum Gasteiger partial charge on any atom is -0.481 e. The maximum Gasteiger partial charge on any atom is 0.392 e. The Morgan fingerprint density at radius 1 is 1.20 bits per heavy atom. The van der Waals surface area contributed by atoms with Gasteiger partial charge in [0.1, 0.15) is 5.75 Å². The van der Waals surface area contributed by atoms with Crippen LogP contribution in [0.1, 0.15) is 12.0 Å². The van der Waals surface area contributed by atoms with E-state index in [1.807, 2.05) is 6.07 Å². The number of nitrogens with zero attached hydrogens (tertiary/aromatic N) is 5. The maximum absolute atomic E-state index is 12.1. The molecule has 6 N–H and O–H groups in total. The second kappa shape index (κ2) is 12.6. The molecule has 0 radical (unpaired) electrons. The summed E-state index contributed by atoms with van der Waals surface area (Å²) in [5.74, 6) is -5.35. The summed E-state index contributed by atoms with van der Waals surface area (Å²) in [6.45, 7) is 0. The van der Waals surface area contributed by atoms with Gasteiger partial charge in [-0.05, 0) is 24.3 Å². The third-order valence-electron chi connectivity index (χ3n) is 4.97. The smallest absolute Gasteiger partial charge is 0.392 e. The first-order chi connectivity index (χ1) is 19.4. The Labute approximate surface area is 231 Å². The Morgan fingerprint density at radius 3 is 2.49 bits per heavy atom. The molecule has 1 heterocycles. The summed E-state index contributed by atoms with van der Waals surface area (Å²) >= 11 is 0. The fourth-order valence-corrected chi connectivity index (χ4v) is 3.26. The number of carboxylic acid groups (broad SMARTS) is 2. The van der Waals surface area contributed by atoms with E-state index in [2.05, 4.69) is 15.3 Å². The van der Waals surface area contributed by atoms with Crippen molar-refractivity contribution >= 4 is 35.0 Å². The number of nitrogens with two attached hydrogens (primary N) is 1. The van der Waals surface area contributed by atoms with Gasteiger partial charge in [0.15, 0.2) is 11.7 Å². The Bertz CT molecular complexity index is 1550. The molecule has 1 unspecified atom stereocenters. The van der Waals surface area contributed by atoms with Gasteiger partial charge < -0.3 is 40.4 Å². The van der Waals surface area contributed by atoms with E-state index >= 15 is 0 Å². The van der Waals surface area contributed by atoms with Crippen LogP contribution in [-0.4, -0.2) is 63.2 Å². The van der Waals surface area contributed by atoms with Crippen molar-refractivity contribution < 1.29 is 38.9 Å². The molecule has 0 fully saturated rings. The summed E-state index contributed by atoms with van der Waals surface area (Å²) in [7, 11) is 3.30. The molecule has 17 heteroatoms. The average Bonchev–Trinajstić information content (AvgIpc) is 2.87. The molecule has 0 saturated carbocycles. The minimum atomic E-state index is -2.08. The second-order valence-corrected chi connectivity index (χ2v) is 8.22. The number of aromatic nitrogens is 2. The highest BCUT2D eigenvalue weighted by molar-refractivity contribution is 5.89. The number of hydrogen-bond acceptors (Lipinski definition) is 12. The number of guanidine groups is 1. The van der Waals surface area contributed by atoms with Gasteiger partial charge in [-0.3, -0.25) is 20.3 Å². The van der Waals surface area contributed by atoms with E-state index in [0.717, 1.165) is 0 Å². The zero-order valence-corrected chi connectivity index (χ0v) is 21.4. The van der Waals surface area contributed by atoms with Gasteiger partial charge in [-0.1, -0.05) is 6.07 Å². The van der Waals surface area contributed by atoms with Crippen LogP contribution < -0.4 is 30.2 Å². The normalized spacial score (nSPS) is 11.0. The first-order valence-corrected chi connectivity index (χ1v) is 11.3. The first kappa shape index (κ1) is 29.4. The minimum absolute atomic E-state index is 0.0410. The Hall–Kier alpha value is -6.18. The number of aliphatic carboxylic acids is 2. The van der Waals surface area contributed by atoms with E-state index in [1.54, 1.807) is 25.1 Å². The number of nitrogens with one attached hydrogen (secondary N) is 2. The van der Waals surface area contributed by atoms with E-state index < -0.39 is 52.8 Å². The lowest BCUT2D eigenvalue weighted by Gasteiger charge is -2.18. The lowest BCUT2D eigenvalue weighted by Crippen LogP contribution is -2.30. The molecule has 0 spiro atoms. The fraction of sp³-hybridized carbons (Fsp3) is 0.167. The number of carbonyl (C=O) groups is 2. The largest absolute Gasteiger partial charge is 0.481 e. The molecule has 0 saturated heterocycles. The lowest BCUT2D eigenvalue weighted by atomic mass is 10.2. The fourth-order valence-electron chi connectivity index (χ4n) is 3.26. The van der Waals surface area contributed by atoms with Crippen LogP contribution in [0, 0.1) is 26.9 Å². The lowest BCUT2D eigenvalue weighted by molar-refractivity contribution is -0.387. The number of nitro groups is 1. The second-order valence-electron chi connectivity index (χ2n) is 8.22. The molecule has 2 aromatic carbocycles. The highest BCUT2D eigenvalue weighted by Gasteiger charge is 2.34. The van der Waals surface area contributed by atoms with Crippen molar-refractivity contribution in [2.45, 2.75) is 12.5 Å². The van der Waals surface area contributed by atoms with Crippen LogP contribution in [0.5, 0.6) is 29.3 Å². The molecule has 0 aliphatic rings. The Kier molecular flexibility index (Phi) is 9.01. The van der Waals surface area contributed by atoms with E-state index in [0.29, 0.717) is 11.4 Å².